The summed E-state index contributed by atoms with van der Waals surface area (Å²) in [5, 5.41) is 8.22. The van der Waals surface area contributed by atoms with Crippen LogP contribution < -0.4 is 11.5 Å². The highest BCUT2D eigenvalue weighted by Gasteiger charge is 2.52. The van der Waals surface area contributed by atoms with Crippen LogP contribution in [0.25, 0.3) is 0 Å². The van der Waals surface area contributed by atoms with Crippen LogP contribution in [0.15, 0.2) is 0 Å². The molecule has 4 N–H and O–H groups in total. The van der Waals surface area contributed by atoms with Gasteiger partial charge in [-0.3, -0.25) is 10.2 Å². The molecule has 1 saturated heterocycles. The maximum Gasteiger partial charge on any atom is 0.775 e. The van der Waals surface area contributed by atoms with Crippen LogP contribution in [-0.2, 0) is 13.3 Å². The molecule has 0 aromatic rings. The van der Waals surface area contributed by atoms with Gasteiger partial charge in [0.15, 0.2) is 6.04 Å². The third-order valence-electron chi connectivity index (χ3n) is 1.06. The van der Waals surface area contributed by atoms with Gasteiger partial charge < -0.3 is 14.6 Å². The average molecular weight is 159 g/mol. The van der Waals surface area contributed by atoms with Gasteiger partial charge in [0.2, 0.25) is 0 Å². The zero-order valence-corrected chi connectivity index (χ0v) is 5.90. The van der Waals surface area contributed by atoms with Crippen LogP contribution in [0.5, 0.6) is 0 Å². The Balaban J connectivity index is 2.58. The average Bonchev–Trinajstić information content (AvgIpc) is 1.83. The van der Waals surface area contributed by atoms with Crippen LogP contribution in [0.3, 0.4) is 0 Å². The summed E-state index contributed by atoms with van der Waals surface area (Å²) in [6, 6.07) is 0.506. The molecule has 0 amide bonds. The van der Waals surface area contributed by atoms with Gasteiger partial charge in [0.05, 0.1) is 6.07 Å². The van der Waals surface area contributed by atoms with E-state index in [2.05, 4.69) is 8.85 Å². The Bertz CT molecular complexity index is 204. The summed E-state index contributed by atoms with van der Waals surface area (Å²) in [6.45, 7) is 0. The van der Waals surface area contributed by atoms with Crippen LogP contribution in [0.4, 0.5) is 0 Å². The van der Waals surface area contributed by atoms with E-state index in [0.717, 1.165) is 0 Å². The number of rotatable bonds is 1. The Labute approximate surface area is 58.2 Å². The molecule has 0 saturated carbocycles. The van der Waals surface area contributed by atoms with Gasteiger partial charge in [-0.25, -0.2) is 0 Å². The molecule has 0 aromatic heterocycles. The predicted octanol–water partition coefficient (Wildman–Crippen LogP) is -2.09. The fourth-order valence-electron chi connectivity index (χ4n) is 0.485. The number of nitrogens with two attached hydrogens (primary N) is 2. The van der Waals surface area contributed by atoms with Crippen LogP contribution >= 0.6 is 0 Å². The van der Waals surface area contributed by atoms with Crippen molar-refractivity contribution in [1.82, 2.24) is 0 Å². The lowest BCUT2D eigenvalue weighted by Gasteiger charge is -2.37. The van der Waals surface area contributed by atoms with Gasteiger partial charge in [-0.1, -0.05) is 0 Å². The van der Waals surface area contributed by atoms with E-state index in [1.165, 1.54) is 0 Å². The van der Waals surface area contributed by atoms with Crippen LogP contribution in [-0.4, -0.2) is 21.1 Å². The van der Waals surface area contributed by atoms with E-state index in [4.69, 9.17) is 16.7 Å². The normalized spacial score (nSPS) is 23.1. The van der Waals surface area contributed by atoms with E-state index < -0.39 is 21.1 Å². The quantitative estimate of drug-likeness (QED) is 0.424. The Morgan fingerprint density at radius 2 is 2.20 bits per heavy atom. The van der Waals surface area contributed by atoms with Gasteiger partial charge in [-0.15, -0.1) is 0 Å². The minimum Gasteiger partial charge on any atom is -0.444 e. The summed E-state index contributed by atoms with van der Waals surface area (Å²) in [4.78, 5) is 0. The first-order valence-electron chi connectivity index (χ1n) is 2.44. The first-order valence-corrected chi connectivity index (χ1v) is 3.67. The minimum atomic E-state index is -2.46. The molecule has 54 valence electrons. The molecule has 6 nitrogen and oxygen atoms in total. The van der Waals surface area contributed by atoms with Crippen molar-refractivity contribution < 1.29 is 13.3 Å². The molecular formula is C3H5N3O3Si. The first-order chi connectivity index (χ1) is 4.58. The molecule has 0 aliphatic carbocycles. The molecule has 0 bridgehead atoms. The molecule has 1 aliphatic heterocycles. The van der Waals surface area contributed by atoms with Gasteiger partial charge in [0.25, 0.3) is 0 Å². The lowest BCUT2D eigenvalue weighted by molar-refractivity contribution is -0.224. The van der Waals surface area contributed by atoms with E-state index in [1.54, 1.807) is 6.07 Å². The maximum atomic E-state index is 10.2. The molecule has 1 heterocycles. The maximum absolute atomic E-state index is 10.2. The molecule has 0 spiro atoms. The zero-order valence-electron chi connectivity index (χ0n) is 4.90. The smallest absolute Gasteiger partial charge is 0.444 e. The van der Waals surface area contributed by atoms with Crippen molar-refractivity contribution in [3.63, 3.8) is 0 Å². The first kappa shape index (κ1) is 7.14. The van der Waals surface area contributed by atoms with Crippen molar-refractivity contribution in [2.24, 2.45) is 11.5 Å². The fourth-order valence-corrected chi connectivity index (χ4v) is 1.28. The number of hydrogen-bond acceptors (Lipinski definition) is 6. The van der Waals surface area contributed by atoms with E-state index in [-0.39, 0.29) is 0 Å². The molecule has 1 unspecified atom stereocenters. The van der Waals surface area contributed by atoms with Crippen molar-refractivity contribution in [3.8, 4) is 6.07 Å². The molecule has 1 atom stereocenters. The second-order valence-electron chi connectivity index (χ2n) is 1.78. The predicted molar refractivity (Wildman–Crippen MR) is 29.1 cm³/mol. The Hall–Kier alpha value is -0.973. The van der Waals surface area contributed by atoms with E-state index in [0.29, 0.717) is 0 Å². The fraction of sp³-hybridized carbons (Fsp3) is 0.667. The second kappa shape index (κ2) is 2.01. The molecule has 0 aromatic carbocycles. The van der Waals surface area contributed by atoms with Crippen LogP contribution in [0.1, 0.15) is 0 Å². The van der Waals surface area contributed by atoms with Gasteiger partial charge in [-0.2, -0.15) is 5.26 Å². The highest BCUT2D eigenvalue weighted by molar-refractivity contribution is 6.29. The second-order valence-corrected chi connectivity index (χ2v) is 2.69. The zero-order chi connectivity index (χ0) is 7.78. The summed E-state index contributed by atoms with van der Waals surface area (Å²) in [6.07, 6.45) is 0. The molecular weight excluding hydrogens is 154 g/mol. The highest BCUT2D eigenvalue weighted by Crippen LogP contribution is 2.18. The SMILES string of the molecule is N#CC(N)C1(N)O[Si](=O)O1. The number of nitriles is 1. The van der Waals surface area contributed by atoms with Gasteiger partial charge >= 0.3 is 15.1 Å². The Morgan fingerprint density at radius 3 is 2.50 bits per heavy atom. The minimum absolute atomic E-state index is 1.10. The molecule has 7 heteroatoms. The lowest BCUT2D eigenvalue weighted by atomic mass is 10.3. The third-order valence-corrected chi connectivity index (χ3v) is 2.03. The standard InChI is InChI=1S/C3H5N3O3Si/c4-1-2(5)3(6)8-10(7)9-3/h2H,5-6H2. The van der Waals surface area contributed by atoms with Crippen molar-refractivity contribution in [1.29, 1.82) is 5.26 Å². The van der Waals surface area contributed by atoms with Gasteiger partial charge in [0, 0.05) is 0 Å². The molecule has 1 aliphatic rings. The van der Waals surface area contributed by atoms with E-state index in [9.17, 15) is 4.46 Å². The molecule has 0 radical (unpaired) electrons. The van der Waals surface area contributed by atoms with Crippen molar-refractivity contribution in [3.05, 3.63) is 0 Å². The van der Waals surface area contributed by atoms with E-state index >= 15 is 0 Å². The largest absolute Gasteiger partial charge is 0.775 e. The summed E-state index contributed by atoms with van der Waals surface area (Å²) in [7, 11) is -2.46. The van der Waals surface area contributed by atoms with Crippen LogP contribution in [0, 0.1) is 11.3 Å². The van der Waals surface area contributed by atoms with E-state index in [1.807, 2.05) is 0 Å². The summed E-state index contributed by atoms with van der Waals surface area (Å²) < 4.78 is 19.1. The van der Waals surface area contributed by atoms with Crippen molar-refractivity contribution in [2.75, 3.05) is 0 Å². The molecule has 10 heavy (non-hydrogen) atoms. The summed E-state index contributed by atoms with van der Waals surface area (Å²) in [5.41, 5.74) is 10.3. The van der Waals surface area contributed by atoms with Crippen molar-refractivity contribution in [2.45, 2.75) is 12.0 Å². The molecule has 1 rings (SSSR count). The summed E-state index contributed by atoms with van der Waals surface area (Å²) >= 11 is 0. The monoisotopic (exact) mass is 159 g/mol. The topological polar surface area (TPSA) is 111 Å². The van der Waals surface area contributed by atoms with Gasteiger partial charge in [0.1, 0.15) is 0 Å². The highest BCUT2D eigenvalue weighted by atomic mass is 28.3. The van der Waals surface area contributed by atoms with Crippen molar-refractivity contribution >= 4 is 9.17 Å². The third kappa shape index (κ3) is 0.880. The molecule has 1 fully saturated rings. The number of nitrogens with zero attached hydrogens (tertiary/aromatic N) is 1. The summed E-state index contributed by atoms with van der Waals surface area (Å²) in [5.74, 6) is -1.65. The van der Waals surface area contributed by atoms with Gasteiger partial charge in [-0.05, 0) is 0 Å². The number of hydrogen-bond donors (Lipinski definition) is 2. The Morgan fingerprint density at radius 1 is 1.70 bits per heavy atom. The van der Waals surface area contributed by atoms with Crippen LogP contribution in [0.2, 0.25) is 0 Å². The Kier molecular flexibility index (Phi) is 1.44. The lowest BCUT2D eigenvalue weighted by Crippen LogP contribution is -2.68.